The van der Waals surface area contributed by atoms with Crippen LogP contribution in [0.3, 0.4) is 0 Å². The third-order valence-electron chi connectivity index (χ3n) is 4.10. The Morgan fingerprint density at radius 3 is 2.78 bits per heavy atom. The zero-order valence-corrected chi connectivity index (χ0v) is 12.9. The number of hydrogen-bond acceptors (Lipinski definition) is 2. The molecule has 2 N–H and O–H groups in total. The Morgan fingerprint density at radius 1 is 1.44 bits per heavy atom. The summed E-state index contributed by atoms with van der Waals surface area (Å²) in [7, 11) is 0. The number of nitrogens with two attached hydrogens (primary N) is 1. The van der Waals surface area contributed by atoms with Gasteiger partial charge in [-0.25, -0.2) is 0 Å². The van der Waals surface area contributed by atoms with Gasteiger partial charge in [0.15, 0.2) is 0 Å². The van der Waals surface area contributed by atoms with Gasteiger partial charge in [0.2, 0.25) is 0 Å². The largest absolute Gasteiger partial charge is 0.329 e. The lowest BCUT2D eigenvalue weighted by Crippen LogP contribution is -2.32. The van der Waals surface area contributed by atoms with Gasteiger partial charge in [-0.05, 0) is 42.5 Å². The van der Waals surface area contributed by atoms with Crippen molar-refractivity contribution >= 4 is 15.9 Å². The first-order valence-corrected chi connectivity index (χ1v) is 7.60. The van der Waals surface area contributed by atoms with Crippen molar-refractivity contribution in [3.8, 4) is 0 Å². The van der Waals surface area contributed by atoms with E-state index in [9.17, 15) is 0 Å². The van der Waals surface area contributed by atoms with Crippen LogP contribution >= 0.6 is 15.9 Å². The molecule has 1 heterocycles. The van der Waals surface area contributed by atoms with E-state index >= 15 is 0 Å². The highest BCUT2D eigenvalue weighted by Crippen LogP contribution is 2.31. The summed E-state index contributed by atoms with van der Waals surface area (Å²) in [4.78, 5) is 2.55. The first-order chi connectivity index (χ1) is 8.61. The molecule has 0 saturated carbocycles. The summed E-state index contributed by atoms with van der Waals surface area (Å²) in [6.07, 6.45) is 1.31. The summed E-state index contributed by atoms with van der Waals surface area (Å²) < 4.78 is 1.14. The van der Waals surface area contributed by atoms with E-state index < -0.39 is 0 Å². The molecule has 2 unspecified atom stereocenters. The normalized spacial score (nSPS) is 22.6. The summed E-state index contributed by atoms with van der Waals surface area (Å²) >= 11 is 3.54. The topological polar surface area (TPSA) is 29.3 Å². The molecule has 2 nitrogen and oxygen atoms in total. The molecule has 1 aliphatic rings. The van der Waals surface area contributed by atoms with Crippen molar-refractivity contribution in [3.63, 3.8) is 0 Å². The number of benzene rings is 1. The van der Waals surface area contributed by atoms with Crippen molar-refractivity contribution in [1.29, 1.82) is 0 Å². The number of halogens is 1. The number of likely N-dealkylation sites (tertiary alicyclic amines) is 1. The molecule has 3 heteroatoms. The highest BCUT2D eigenvalue weighted by molar-refractivity contribution is 9.10. The molecule has 2 rings (SSSR count). The van der Waals surface area contributed by atoms with E-state index in [1.807, 2.05) is 0 Å². The zero-order chi connectivity index (χ0) is 13.1. The molecule has 1 fully saturated rings. The van der Waals surface area contributed by atoms with Gasteiger partial charge in [0.25, 0.3) is 0 Å². The third kappa shape index (κ3) is 3.14. The van der Waals surface area contributed by atoms with Crippen molar-refractivity contribution in [2.45, 2.75) is 26.3 Å². The molecule has 0 aliphatic carbocycles. The van der Waals surface area contributed by atoms with Crippen LogP contribution in [0.5, 0.6) is 0 Å². The van der Waals surface area contributed by atoms with E-state index in [0.717, 1.165) is 16.3 Å². The average molecular weight is 311 g/mol. The van der Waals surface area contributed by atoms with Gasteiger partial charge in [-0.3, -0.25) is 4.90 Å². The third-order valence-corrected chi connectivity index (χ3v) is 4.59. The Bertz CT molecular complexity index is 392. The fraction of sp³-hybridized carbons (Fsp3) is 0.600. The summed E-state index contributed by atoms with van der Waals surface area (Å²) in [6, 6.07) is 8.91. The van der Waals surface area contributed by atoms with Crippen LogP contribution in [0.15, 0.2) is 28.7 Å². The Morgan fingerprint density at radius 2 is 2.22 bits per heavy atom. The minimum absolute atomic E-state index is 0.367. The van der Waals surface area contributed by atoms with Crippen LogP contribution in [0.4, 0.5) is 0 Å². The van der Waals surface area contributed by atoms with E-state index in [1.165, 1.54) is 25.1 Å². The molecule has 0 aromatic heterocycles. The monoisotopic (exact) mass is 310 g/mol. The van der Waals surface area contributed by atoms with Gasteiger partial charge < -0.3 is 5.73 Å². The van der Waals surface area contributed by atoms with E-state index in [4.69, 9.17) is 5.73 Å². The van der Waals surface area contributed by atoms with Crippen molar-refractivity contribution in [3.05, 3.63) is 34.3 Å². The Hall–Kier alpha value is -0.380. The van der Waals surface area contributed by atoms with Crippen LogP contribution in [0.1, 0.15) is 31.9 Å². The fourth-order valence-electron chi connectivity index (χ4n) is 2.85. The van der Waals surface area contributed by atoms with Crippen LogP contribution in [0.25, 0.3) is 0 Å². The van der Waals surface area contributed by atoms with Gasteiger partial charge in [-0.2, -0.15) is 0 Å². The van der Waals surface area contributed by atoms with Crippen LogP contribution in [-0.4, -0.2) is 24.5 Å². The molecule has 18 heavy (non-hydrogen) atoms. The lowest BCUT2D eigenvalue weighted by atomic mass is 9.95. The molecule has 0 spiro atoms. The van der Waals surface area contributed by atoms with Crippen molar-refractivity contribution < 1.29 is 0 Å². The second kappa shape index (κ2) is 6.18. The van der Waals surface area contributed by atoms with E-state index in [2.05, 4.69) is 58.9 Å². The molecule has 1 aliphatic heterocycles. The minimum Gasteiger partial charge on any atom is -0.329 e. The van der Waals surface area contributed by atoms with Gasteiger partial charge in [0, 0.05) is 23.6 Å². The highest BCUT2D eigenvalue weighted by atomic mass is 79.9. The van der Waals surface area contributed by atoms with Gasteiger partial charge in [-0.15, -0.1) is 0 Å². The highest BCUT2D eigenvalue weighted by Gasteiger charge is 2.29. The SMILES string of the molecule is CC(C)C1CCN(C(CN)c2cccc(Br)c2)C1. The van der Waals surface area contributed by atoms with Crippen LogP contribution in [0.2, 0.25) is 0 Å². The van der Waals surface area contributed by atoms with Crippen molar-refractivity contribution in [2.75, 3.05) is 19.6 Å². The fourth-order valence-corrected chi connectivity index (χ4v) is 3.27. The van der Waals surface area contributed by atoms with Crippen LogP contribution in [-0.2, 0) is 0 Å². The number of hydrogen-bond donors (Lipinski definition) is 1. The standard InChI is InChI=1S/C15H23BrN2/c1-11(2)13-6-7-18(10-13)15(9-17)12-4-3-5-14(16)8-12/h3-5,8,11,13,15H,6-7,9-10,17H2,1-2H3. The smallest absolute Gasteiger partial charge is 0.0470 e. The Balaban J connectivity index is 2.10. The molecule has 0 amide bonds. The van der Waals surface area contributed by atoms with Crippen LogP contribution < -0.4 is 5.73 Å². The maximum absolute atomic E-state index is 6.00. The van der Waals surface area contributed by atoms with Gasteiger partial charge >= 0.3 is 0 Å². The summed E-state index contributed by atoms with van der Waals surface area (Å²) in [6.45, 7) is 7.71. The number of rotatable bonds is 4. The Labute approximate surface area is 119 Å². The molecule has 0 bridgehead atoms. The second-order valence-corrected chi connectivity index (χ2v) is 6.51. The first kappa shape index (κ1) is 14.0. The quantitative estimate of drug-likeness (QED) is 0.923. The van der Waals surface area contributed by atoms with Gasteiger partial charge in [0.1, 0.15) is 0 Å². The molecule has 1 aromatic carbocycles. The average Bonchev–Trinajstić information content (AvgIpc) is 2.80. The molecule has 1 aromatic rings. The maximum Gasteiger partial charge on any atom is 0.0470 e. The van der Waals surface area contributed by atoms with Crippen molar-refractivity contribution in [2.24, 2.45) is 17.6 Å². The van der Waals surface area contributed by atoms with Crippen molar-refractivity contribution in [1.82, 2.24) is 4.90 Å². The summed E-state index contributed by atoms with van der Waals surface area (Å²) in [5.74, 6) is 1.60. The van der Waals surface area contributed by atoms with E-state index in [-0.39, 0.29) is 0 Å². The first-order valence-electron chi connectivity index (χ1n) is 6.81. The summed E-state index contributed by atoms with van der Waals surface area (Å²) in [5.41, 5.74) is 7.33. The zero-order valence-electron chi connectivity index (χ0n) is 11.3. The molecule has 0 radical (unpaired) electrons. The van der Waals surface area contributed by atoms with Gasteiger partial charge in [-0.1, -0.05) is 41.9 Å². The molecule has 1 saturated heterocycles. The minimum atomic E-state index is 0.367. The molecular weight excluding hydrogens is 288 g/mol. The Kier molecular flexibility index (Phi) is 4.82. The predicted molar refractivity (Wildman–Crippen MR) is 80.5 cm³/mol. The molecule has 100 valence electrons. The van der Waals surface area contributed by atoms with E-state index in [1.54, 1.807) is 0 Å². The maximum atomic E-state index is 6.00. The number of nitrogens with zero attached hydrogens (tertiary/aromatic N) is 1. The van der Waals surface area contributed by atoms with Gasteiger partial charge in [0.05, 0.1) is 0 Å². The van der Waals surface area contributed by atoms with E-state index in [0.29, 0.717) is 12.6 Å². The van der Waals surface area contributed by atoms with Crippen LogP contribution in [0, 0.1) is 11.8 Å². The second-order valence-electron chi connectivity index (χ2n) is 5.59. The predicted octanol–water partition coefficient (Wildman–Crippen LogP) is 3.43. The lowest BCUT2D eigenvalue weighted by Gasteiger charge is -2.27. The lowest BCUT2D eigenvalue weighted by molar-refractivity contribution is 0.232. The molecule has 2 atom stereocenters. The molecular formula is C15H23BrN2. The summed E-state index contributed by atoms with van der Waals surface area (Å²) in [5, 5.41) is 0.